The van der Waals surface area contributed by atoms with Crippen LogP contribution in [0, 0.1) is 0 Å². The number of halogens is 2. The van der Waals surface area contributed by atoms with Gasteiger partial charge in [0.15, 0.2) is 0 Å². The van der Waals surface area contributed by atoms with E-state index in [0.717, 1.165) is 35.2 Å². The average Bonchev–Trinajstić information content (AvgIpc) is 2.29. The van der Waals surface area contributed by atoms with Crippen LogP contribution < -0.4 is 10.5 Å². The lowest BCUT2D eigenvalue weighted by atomic mass is 10.0. The lowest BCUT2D eigenvalue weighted by Crippen LogP contribution is -2.09. The molecular weight excluding hydrogens is 265 g/mol. The van der Waals surface area contributed by atoms with E-state index < -0.39 is 0 Å². The monoisotopic (exact) mass is 275 g/mol. The van der Waals surface area contributed by atoms with Gasteiger partial charge in [-0.2, -0.15) is 0 Å². The first kappa shape index (κ1) is 10.3. The zero-order valence-electron chi connectivity index (χ0n) is 7.59. The first-order valence-electron chi connectivity index (χ1n) is 4.56. The summed E-state index contributed by atoms with van der Waals surface area (Å²) in [5.74, 6) is 0.847. The number of benzene rings is 1. The van der Waals surface area contributed by atoms with Gasteiger partial charge in [0.25, 0.3) is 0 Å². The van der Waals surface area contributed by atoms with Gasteiger partial charge in [0, 0.05) is 16.6 Å². The Kier molecular flexibility index (Phi) is 3.00. The van der Waals surface area contributed by atoms with Crippen LogP contribution in [-0.2, 0) is 0 Å². The number of ether oxygens (including phenoxy) is 1. The highest BCUT2D eigenvalue weighted by Gasteiger charge is 2.19. The summed E-state index contributed by atoms with van der Waals surface area (Å²) in [6.45, 7) is 0.723. The minimum absolute atomic E-state index is 0.0301. The van der Waals surface area contributed by atoms with Crippen molar-refractivity contribution in [1.82, 2.24) is 0 Å². The third-order valence-electron chi connectivity index (χ3n) is 2.34. The van der Waals surface area contributed by atoms with Crippen LogP contribution in [0.5, 0.6) is 5.75 Å². The predicted molar refractivity (Wildman–Crippen MR) is 60.8 cm³/mol. The molecular formula is C10H11BrClNO. The summed E-state index contributed by atoms with van der Waals surface area (Å²) in [7, 11) is 0. The molecule has 0 saturated heterocycles. The van der Waals surface area contributed by atoms with Crippen LogP contribution in [0.2, 0.25) is 5.02 Å². The summed E-state index contributed by atoms with van der Waals surface area (Å²) in [4.78, 5) is 0. The van der Waals surface area contributed by atoms with Gasteiger partial charge in [0.1, 0.15) is 5.75 Å². The molecule has 0 amide bonds. The zero-order chi connectivity index (χ0) is 10.1. The van der Waals surface area contributed by atoms with Gasteiger partial charge in [-0.05, 0) is 40.9 Å². The van der Waals surface area contributed by atoms with Crippen LogP contribution in [0.3, 0.4) is 0 Å². The molecule has 4 heteroatoms. The molecule has 0 bridgehead atoms. The highest BCUT2D eigenvalue weighted by atomic mass is 79.9. The third kappa shape index (κ3) is 1.90. The van der Waals surface area contributed by atoms with E-state index in [4.69, 9.17) is 22.1 Å². The summed E-state index contributed by atoms with van der Waals surface area (Å²) in [5.41, 5.74) is 7.03. The van der Waals surface area contributed by atoms with Crippen molar-refractivity contribution in [3.8, 4) is 5.75 Å². The Morgan fingerprint density at radius 3 is 3.07 bits per heavy atom. The van der Waals surface area contributed by atoms with Crippen LogP contribution in [0.25, 0.3) is 0 Å². The van der Waals surface area contributed by atoms with Gasteiger partial charge >= 0.3 is 0 Å². The van der Waals surface area contributed by atoms with E-state index in [2.05, 4.69) is 15.9 Å². The number of hydrogen-bond acceptors (Lipinski definition) is 2. The Bertz CT molecular complexity index is 356. The van der Waals surface area contributed by atoms with E-state index in [-0.39, 0.29) is 6.04 Å². The summed E-state index contributed by atoms with van der Waals surface area (Å²) in [6.07, 6.45) is 1.93. The molecule has 0 aliphatic carbocycles. The third-order valence-corrected chi connectivity index (χ3v) is 3.15. The molecule has 1 aromatic rings. The summed E-state index contributed by atoms with van der Waals surface area (Å²) < 4.78 is 6.51. The van der Waals surface area contributed by atoms with Gasteiger partial charge < -0.3 is 10.5 Å². The average molecular weight is 277 g/mol. The van der Waals surface area contributed by atoms with Crippen molar-refractivity contribution in [3.05, 3.63) is 27.2 Å². The van der Waals surface area contributed by atoms with Gasteiger partial charge in [0.05, 0.1) is 11.1 Å². The van der Waals surface area contributed by atoms with Crippen LogP contribution in [0.15, 0.2) is 16.6 Å². The maximum atomic E-state index is 6.02. The van der Waals surface area contributed by atoms with Gasteiger partial charge in [-0.1, -0.05) is 11.6 Å². The predicted octanol–water partition coefficient (Wildman–Crippen LogP) is 3.27. The molecule has 2 N–H and O–H groups in total. The molecule has 76 valence electrons. The molecule has 0 saturated carbocycles. The van der Waals surface area contributed by atoms with Gasteiger partial charge in [0.2, 0.25) is 0 Å². The Morgan fingerprint density at radius 2 is 2.29 bits per heavy atom. The molecule has 0 radical (unpaired) electrons. The van der Waals surface area contributed by atoms with Crippen LogP contribution >= 0.6 is 27.5 Å². The number of fused-ring (bicyclic) bond motifs is 1. The topological polar surface area (TPSA) is 35.2 Å². The van der Waals surface area contributed by atoms with Gasteiger partial charge in [-0.15, -0.1) is 0 Å². The maximum absolute atomic E-state index is 6.02. The molecule has 1 heterocycles. The molecule has 0 fully saturated rings. The van der Waals surface area contributed by atoms with Gasteiger partial charge in [-0.25, -0.2) is 0 Å². The zero-order valence-corrected chi connectivity index (χ0v) is 9.94. The Balaban J connectivity index is 2.53. The van der Waals surface area contributed by atoms with Crippen molar-refractivity contribution in [1.29, 1.82) is 0 Å². The SMILES string of the molecule is NC1CCCOc2c(Br)cc(Cl)cc21. The molecule has 2 rings (SSSR count). The summed E-state index contributed by atoms with van der Waals surface area (Å²) in [6, 6.07) is 3.75. The van der Waals surface area contributed by atoms with Crippen LogP contribution in [0.4, 0.5) is 0 Å². The first-order valence-corrected chi connectivity index (χ1v) is 5.73. The van der Waals surface area contributed by atoms with E-state index in [0.29, 0.717) is 5.02 Å². The van der Waals surface area contributed by atoms with Crippen LogP contribution in [-0.4, -0.2) is 6.61 Å². The molecule has 1 aromatic carbocycles. The highest BCUT2D eigenvalue weighted by molar-refractivity contribution is 9.10. The summed E-state index contributed by atoms with van der Waals surface area (Å²) >= 11 is 9.39. The second kappa shape index (κ2) is 4.09. The van der Waals surface area contributed by atoms with E-state index in [1.807, 2.05) is 12.1 Å². The lowest BCUT2D eigenvalue weighted by molar-refractivity contribution is 0.314. The van der Waals surface area contributed by atoms with Crippen molar-refractivity contribution in [2.45, 2.75) is 18.9 Å². The standard InChI is InChI=1S/C10H11BrClNO/c11-8-5-6(12)4-7-9(13)2-1-3-14-10(7)8/h4-5,9H,1-3,13H2. The minimum atomic E-state index is 0.0301. The molecule has 1 aliphatic heterocycles. The second-order valence-corrected chi connectivity index (χ2v) is 4.69. The summed E-state index contributed by atoms with van der Waals surface area (Å²) in [5, 5.41) is 0.691. The fraction of sp³-hybridized carbons (Fsp3) is 0.400. The normalized spacial score (nSPS) is 20.9. The molecule has 1 atom stereocenters. The largest absolute Gasteiger partial charge is 0.492 e. The van der Waals surface area contributed by atoms with E-state index >= 15 is 0 Å². The fourth-order valence-corrected chi connectivity index (χ4v) is 2.59. The number of hydrogen-bond donors (Lipinski definition) is 1. The molecule has 1 aliphatic rings. The smallest absolute Gasteiger partial charge is 0.138 e. The number of nitrogens with two attached hydrogens (primary N) is 1. The van der Waals surface area contributed by atoms with Gasteiger partial charge in [-0.3, -0.25) is 0 Å². The van der Waals surface area contributed by atoms with E-state index in [1.54, 1.807) is 0 Å². The minimum Gasteiger partial charge on any atom is -0.492 e. The highest BCUT2D eigenvalue weighted by Crippen LogP contribution is 2.38. The quantitative estimate of drug-likeness (QED) is 0.789. The van der Waals surface area contributed by atoms with Crippen molar-refractivity contribution >= 4 is 27.5 Å². The van der Waals surface area contributed by atoms with Crippen molar-refractivity contribution in [2.75, 3.05) is 6.61 Å². The van der Waals surface area contributed by atoms with Crippen molar-refractivity contribution < 1.29 is 4.74 Å². The lowest BCUT2D eigenvalue weighted by Gasteiger charge is -2.13. The molecule has 14 heavy (non-hydrogen) atoms. The van der Waals surface area contributed by atoms with E-state index in [1.165, 1.54) is 0 Å². The molecule has 0 spiro atoms. The molecule has 0 aromatic heterocycles. The first-order chi connectivity index (χ1) is 6.68. The fourth-order valence-electron chi connectivity index (χ4n) is 1.64. The van der Waals surface area contributed by atoms with Crippen molar-refractivity contribution in [2.24, 2.45) is 5.73 Å². The number of rotatable bonds is 0. The molecule has 1 unspecified atom stereocenters. The van der Waals surface area contributed by atoms with Crippen molar-refractivity contribution in [3.63, 3.8) is 0 Å². The Hall–Kier alpha value is -0.250. The van der Waals surface area contributed by atoms with E-state index in [9.17, 15) is 0 Å². The second-order valence-electron chi connectivity index (χ2n) is 3.40. The van der Waals surface area contributed by atoms with Crippen LogP contribution in [0.1, 0.15) is 24.4 Å². The molecule has 2 nitrogen and oxygen atoms in total. The Morgan fingerprint density at radius 1 is 1.50 bits per heavy atom. The Labute approximate surface area is 96.5 Å². The maximum Gasteiger partial charge on any atom is 0.138 e.